The van der Waals surface area contributed by atoms with E-state index in [9.17, 15) is 0 Å². The summed E-state index contributed by atoms with van der Waals surface area (Å²) in [5.41, 5.74) is 0. The molecule has 0 rings (SSSR count). The Bertz CT molecular complexity index is 226. The van der Waals surface area contributed by atoms with Crippen LogP contribution in [0.25, 0.3) is 0 Å². The number of halogens is 1. The number of rotatable bonds is 8. The van der Waals surface area contributed by atoms with Crippen LogP contribution in [0.1, 0.15) is 26.2 Å². The minimum atomic E-state index is 0. The molecule has 0 saturated heterocycles. The van der Waals surface area contributed by atoms with Gasteiger partial charge in [-0.2, -0.15) is 0 Å². The molecule has 0 unspecified atom stereocenters. The van der Waals surface area contributed by atoms with Gasteiger partial charge in [-0.05, 0) is 12.8 Å². The highest BCUT2D eigenvalue weighted by Gasteiger charge is 1.94. The van der Waals surface area contributed by atoms with Gasteiger partial charge in [-0.15, -0.1) is 30.4 Å². The molecule has 5 heteroatoms. The van der Waals surface area contributed by atoms with E-state index in [1.54, 1.807) is 7.05 Å². The van der Waals surface area contributed by atoms with E-state index >= 15 is 0 Å². The van der Waals surface area contributed by atoms with Crippen LogP contribution in [-0.4, -0.2) is 39.3 Å². The third-order valence-corrected chi connectivity index (χ3v) is 1.98. The van der Waals surface area contributed by atoms with Crippen LogP contribution in [0.2, 0.25) is 0 Å². The maximum atomic E-state index is 5.44. The molecule has 0 aromatic carbocycles. The number of guanidine groups is 1. The number of aliphatic imine (C=N–C) groups is 1. The Morgan fingerprint density at radius 3 is 2.59 bits per heavy atom. The second kappa shape index (κ2) is 15.5. The zero-order valence-corrected chi connectivity index (χ0v) is 13.1. The molecule has 4 nitrogen and oxygen atoms in total. The van der Waals surface area contributed by atoms with E-state index in [4.69, 9.17) is 11.2 Å². The fraction of sp³-hybridized carbons (Fsp3) is 0.750. The highest BCUT2D eigenvalue weighted by atomic mass is 127. The van der Waals surface area contributed by atoms with Crippen molar-refractivity contribution in [2.45, 2.75) is 26.2 Å². The summed E-state index contributed by atoms with van der Waals surface area (Å²) in [5, 5.41) is 6.15. The molecule has 2 N–H and O–H groups in total. The van der Waals surface area contributed by atoms with Crippen LogP contribution < -0.4 is 10.6 Å². The van der Waals surface area contributed by atoms with Crippen molar-refractivity contribution in [3.05, 3.63) is 0 Å². The number of unbranched alkanes of at least 4 members (excludes halogenated alkanes) is 1. The van der Waals surface area contributed by atoms with Gasteiger partial charge in [0.05, 0.1) is 6.54 Å². The van der Waals surface area contributed by atoms with Gasteiger partial charge in [-0.3, -0.25) is 4.99 Å². The molecule has 0 aromatic rings. The van der Waals surface area contributed by atoms with E-state index < -0.39 is 0 Å². The summed E-state index contributed by atoms with van der Waals surface area (Å²) in [7, 11) is 1.73. The Kier molecular flexibility index (Phi) is 17.2. The number of hydrogen-bond acceptors (Lipinski definition) is 2. The van der Waals surface area contributed by atoms with E-state index in [2.05, 4.69) is 28.5 Å². The molecule has 0 aromatic heterocycles. The lowest BCUT2D eigenvalue weighted by molar-refractivity contribution is 0.129. The van der Waals surface area contributed by atoms with Crippen molar-refractivity contribution in [3.8, 4) is 12.3 Å². The second-order valence-corrected chi connectivity index (χ2v) is 3.38. The first-order valence-electron chi connectivity index (χ1n) is 5.80. The molecular formula is C12H24IN3O. The topological polar surface area (TPSA) is 45.7 Å². The van der Waals surface area contributed by atoms with Gasteiger partial charge in [0.25, 0.3) is 0 Å². The molecule has 0 spiro atoms. The third-order valence-electron chi connectivity index (χ3n) is 1.98. The van der Waals surface area contributed by atoms with Crippen LogP contribution >= 0.6 is 24.0 Å². The van der Waals surface area contributed by atoms with Crippen molar-refractivity contribution in [1.29, 1.82) is 0 Å². The number of hydrogen-bond donors (Lipinski definition) is 2. The van der Waals surface area contributed by atoms with Gasteiger partial charge >= 0.3 is 0 Å². The fourth-order valence-electron chi connectivity index (χ4n) is 1.08. The lowest BCUT2D eigenvalue weighted by Gasteiger charge is -2.09. The normalized spacial score (nSPS) is 10.3. The Hall–Kier alpha value is -0.480. The summed E-state index contributed by atoms with van der Waals surface area (Å²) in [6.45, 7) is 5.15. The molecular weight excluding hydrogens is 329 g/mol. The first-order valence-corrected chi connectivity index (χ1v) is 5.80. The number of nitrogens with one attached hydrogen (secondary N) is 2. The Morgan fingerprint density at radius 2 is 2.00 bits per heavy atom. The van der Waals surface area contributed by atoms with Crippen LogP contribution in [0.4, 0.5) is 0 Å². The largest absolute Gasteiger partial charge is 0.381 e. The molecule has 0 radical (unpaired) electrons. The maximum absolute atomic E-state index is 5.44. The average molecular weight is 353 g/mol. The highest BCUT2D eigenvalue weighted by Crippen LogP contribution is 1.88. The molecule has 0 bridgehead atoms. The van der Waals surface area contributed by atoms with Gasteiger partial charge in [0, 0.05) is 26.8 Å². The predicted molar refractivity (Wildman–Crippen MR) is 84.0 cm³/mol. The monoisotopic (exact) mass is 353 g/mol. The quantitative estimate of drug-likeness (QED) is 0.229. The van der Waals surface area contributed by atoms with Crippen molar-refractivity contribution >= 4 is 29.9 Å². The summed E-state index contributed by atoms with van der Waals surface area (Å²) in [5.74, 6) is 3.24. The zero-order valence-electron chi connectivity index (χ0n) is 10.8. The lowest BCUT2D eigenvalue weighted by atomic mass is 10.4. The number of terminal acetylenes is 1. The molecule has 100 valence electrons. The first-order chi connectivity index (χ1) is 7.85. The van der Waals surface area contributed by atoms with Crippen LogP contribution in [0.5, 0.6) is 0 Å². The maximum Gasteiger partial charge on any atom is 0.191 e. The van der Waals surface area contributed by atoms with Gasteiger partial charge in [-0.25, -0.2) is 0 Å². The minimum absolute atomic E-state index is 0. The Labute approximate surface area is 122 Å². The van der Waals surface area contributed by atoms with Crippen molar-refractivity contribution in [2.24, 2.45) is 4.99 Å². The lowest BCUT2D eigenvalue weighted by Crippen LogP contribution is -2.38. The SMILES string of the molecule is C#CCNC(=NC)NCCCOCCCC.I. The highest BCUT2D eigenvalue weighted by molar-refractivity contribution is 14.0. The summed E-state index contributed by atoms with van der Waals surface area (Å²) >= 11 is 0. The van der Waals surface area contributed by atoms with Crippen LogP contribution in [0, 0.1) is 12.3 Å². The predicted octanol–water partition coefficient (Wildman–Crippen LogP) is 1.61. The summed E-state index contributed by atoms with van der Waals surface area (Å²) < 4.78 is 5.44. The van der Waals surface area contributed by atoms with Gasteiger partial charge < -0.3 is 15.4 Å². The van der Waals surface area contributed by atoms with Crippen LogP contribution in [0.15, 0.2) is 4.99 Å². The summed E-state index contributed by atoms with van der Waals surface area (Å²) in [4.78, 5) is 4.03. The van der Waals surface area contributed by atoms with E-state index in [1.165, 1.54) is 6.42 Å². The van der Waals surface area contributed by atoms with Gasteiger partial charge in [0.1, 0.15) is 0 Å². The van der Waals surface area contributed by atoms with Gasteiger partial charge in [0.15, 0.2) is 5.96 Å². The molecule has 0 fully saturated rings. The van der Waals surface area contributed by atoms with Crippen LogP contribution in [0.3, 0.4) is 0 Å². The van der Waals surface area contributed by atoms with Crippen molar-refractivity contribution in [2.75, 3.05) is 33.4 Å². The fourth-order valence-corrected chi connectivity index (χ4v) is 1.08. The van der Waals surface area contributed by atoms with Crippen molar-refractivity contribution in [1.82, 2.24) is 10.6 Å². The second-order valence-electron chi connectivity index (χ2n) is 3.38. The average Bonchev–Trinajstić information content (AvgIpc) is 2.32. The molecule has 0 amide bonds. The smallest absolute Gasteiger partial charge is 0.191 e. The zero-order chi connectivity index (χ0) is 12.1. The standard InChI is InChI=1S/C12H23N3O.HI/c1-4-6-10-16-11-7-9-15-12(13-3)14-8-5-2;/h2H,4,6-11H2,1,3H3,(H2,13,14,15);1H. The molecule has 0 aliphatic heterocycles. The first kappa shape index (κ1) is 18.9. The summed E-state index contributed by atoms with van der Waals surface area (Å²) in [6.07, 6.45) is 8.43. The van der Waals surface area contributed by atoms with Gasteiger partial charge in [-0.1, -0.05) is 19.3 Å². The van der Waals surface area contributed by atoms with Gasteiger partial charge in [0.2, 0.25) is 0 Å². The van der Waals surface area contributed by atoms with Crippen molar-refractivity contribution in [3.63, 3.8) is 0 Å². The van der Waals surface area contributed by atoms with E-state index in [0.717, 1.165) is 38.6 Å². The van der Waals surface area contributed by atoms with E-state index in [-0.39, 0.29) is 24.0 Å². The molecule has 0 saturated carbocycles. The molecule has 0 aliphatic carbocycles. The molecule has 0 heterocycles. The van der Waals surface area contributed by atoms with E-state index in [1.807, 2.05) is 0 Å². The number of ether oxygens (including phenoxy) is 1. The Balaban J connectivity index is 0. The van der Waals surface area contributed by atoms with Crippen LogP contribution in [-0.2, 0) is 4.74 Å². The summed E-state index contributed by atoms with van der Waals surface area (Å²) in [6, 6.07) is 0. The van der Waals surface area contributed by atoms with Crippen molar-refractivity contribution < 1.29 is 4.74 Å². The third kappa shape index (κ3) is 13.5. The number of nitrogens with zero attached hydrogens (tertiary/aromatic N) is 1. The van der Waals surface area contributed by atoms with E-state index in [0.29, 0.717) is 6.54 Å². The minimum Gasteiger partial charge on any atom is -0.381 e. The molecule has 0 atom stereocenters. The molecule has 17 heavy (non-hydrogen) atoms. The molecule has 0 aliphatic rings. The Morgan fingerprint density at radius 1 is 1.29 bits per heavy atom.